The van der Waals surface area contributed by atoms with Crippen LogP contribution in [0.2, 0.25) is 0 Å². The van der Waals surface area contributed by atoms with Crippen molar-refractivity contribution < 1.29 is 18.7 Å². The Morgan fingerprint density at radius 1 is 1.07 bits per heavy atom. The van der Waals surface area contributed by atoms with Gasteiger partial charge in [0, 0.05) is 19.2 Å². The molecule has 1 aromatic heterocycles. The molecule has 1 amide bonds. The van der Waals surface area contributed by atoms with Gasteiger partial charge >= 0.3 is 0 Å². The van der Waals surface area contributed by atoms with Gasteiger partial charge in [0.25, 0.3) is 11.1 Å². The lowest BCUT2D eigenvalue weighted by Crippen LogP contribution is -2.31. The average molecular weight is 426 g/mol. The Bertz CT molecular complexity index is 1000. The van der Waals surface area contributed by atoms with Gasteiger partial charge in [0.1, 0.15) is 16.7 Å². The van der Waals surface area contributed by atoms with Crippen LogP contribution in [0.25, 0.3) is 11.5 Å². The maximum atomic E-state index is 13.2. The van der Waals surface area contributed by atoms with Crippen molar-refractivity contribution in [2.24, 2.45) is 0 Å². The number of amides is 1. The molecule has 0 spiro atoms. The topological polar surface area (TPSA) is 77.7 Å². The number of carbonyl (C=O) groups is 1. The fourth-order valence-electron chi connectivity index (χ4n) is 3.43. The van der Waals surface area contributed by atoms with E-state index in [1.165, 1.54) is 11.8 Å². The number of hydrogen-bond donors (Lipinski definition) is 0. The number of ether oxygens (including phenoxy) is 2. The van der Waals surface area contributed by atoms with Gasteiger partial charge in [-0.25, -0.2) is 0 Å². The number of rotatable bonds is 7. The first kappa shape index (κ1) is 20.3. The first-order valence-electron chi connectivity index (χ1n) is 9.76. The van der Waals surface area contributed by atoms with Gasteiger partial charge in [-0.15, -0.1) is 10.2 Å². The number of likely N-dealkylation sites (tertiary alicyclic amines) is 1. The molecule has 7 nitrogen and oxygen atoms in total. The minimum Gasteiger partial charge on any atom is -0.497 e. The monoisotopic (exact) mass is 425 g/mol. The first-order valence-corrected chi connectivity index (χ1v) is 10.6. The maximum Gasteiger partial charge on any atom is 0.277 e. The van der Waals surface area contributed by atoms with Crippen molar-refractivity contribution in [1.29, 1.82) is 0 Å². The number of methoxy groups -OCH3 is 2. The summed E-state index contributed by atoms with van der Waals surface area (Å²) in [7, 11) is 3.17. The van der Waals surface area contributed by atoms with E-state index in [2.05, 4.69) is 10.2 Å². The van der Waals surface area contributed by atoms with Gasteiger partial charge in [-0.3, -0.25) is 4.79 Å². The highest BCUT2D eigenvalue weighted by Gasteiger charge is 2.30. The maximum absolute atomic E-state index is 13.2. The highest BCUT2D eigenvalue weighted by Crippen LogP contribution is 2.39. The van der Waals surface area contributed by atoms with Gasteiger partial charge in [-0.05, 0) is 42.3 Å². The summed E-state index contributed by atoms with van der Waals surface area (Å²) in [5.41, 5.74) is 1.58. The summed E-state index contributed by atoms with van der Waals surface area (Å²) in [6, 6.07) is 15.1. The van der Waals surface area contributed by atoms with Crippen LogP contribution < -0.4 is 9.47 Å². The van der Waals surface area contributed by atoms with Gasteiger partial charge in [-0.1, -0.05) is 30.3 Å². The molecular formula is C22H23N3O4S. The highest BCUT2D eigenvalue weighted by molar-refractivity contribution is 8.00. The lowest BCUT2D eigenvalue weighted by atomic mass is 10.1. The van der Waals surface area contributed by atoms with E-state index in [9.17, 15) is 4.79 Å². The van der Waals surface area contributed by atoms with Crippen molar-refractivity contribution in [3.05, 3.63) is 54.1 Å². The minimum absolute atomic E-state index is 0.0745. The first-order chi connectivity index (χ1) is 14.7. The summed E-state index contributed by atoms with van der Waals surface area (Å²) < 4.78 is 16.6. The van der Waals surface area contributed by atoms with Gasteiger partial charge in [0.15, 0.2) is 0 Å². The predicted octanol–water partition coefficient (Wildman–Crippen LogP) is 4.21. The smallest absolute Gasteiger partial charge is 0.277 e. The Morgan fingerprint density at radius 2 is 1.83 bits per heavy atom. The molecule has 1 unspecified atom stereocenters. The Kier molecular flexibility index (Phi) is 6.23. The summed E-state index contributed by atoms with van der Waals surface area (Å²) in [6.07, 6.45) is 2.08. The number of thioether (sulfide) groups is 1. The number of carbonyl (C=O) groups excluding carboxylic acids is 1. The Hall–Kier alpha value is -3.00. The minimum atomic E-state index is -0.435. The van der Waals surface area contributed by atoms with E-state index >= 15 is 0 Å². The third kappa shape index (κ3) is 4.28. The third-order valence-electron chi connectivity index (χ3n) is 5.01. The second-order valence-electron chi connectivity index (χ2n) is 6.88. The Balaban J connectivity index is 1.60. The number of nitrogens with zero attached hydrogens (tertiary/aromatic N) is 3. The second-order valence-corrected chi connectivity index (χ2v) is 7.94. The van der Waals surface area contributed by atoms with Crippen LogP contribution in [0.5, 0.6) is 11.5 Å². The zero-order chi connectivity index (χ0) is 20.9. The van der Waals surface area contributed by atoms with Crippen LogP contribution in [0.1, 0.15) is 23.7 Å². The Morgan fingerprint density at radius 3 is 2.53 bits per heavy atom. The van der Waals surface area contributed by atoms with Crippen molar-refractivity contribution in [3.63, 3.8) is 0 Å². The molecular weight excluding hydrogens is 402 g/mol. The largest absolute Gasteiger partial charge is 0.497 e. The quantitative estimate of drug-likeness (QED) is 0.525. The summed E-state index contributed by atoms with van der Waals surface area (Å²) in [6.45, 7) is 1.59. The zero-order valence-electron chi connectivity index (χ0n) is 16.9. The average Bonchev–Trinajstić information content (AvgIpc) is 3.49. The van der Waals surface area contributed by atoms with Gasteiger partial charge in [0.05, 0.1) is 19.8 Å². The molecule has 30 heavy (non-hydrogen) atoms. The van der Waals surface area contributed by atoms with Crippen molar-refractivity contribution in [2.75, 3.05) is 27.3 Å². The molecule has 1 saturated heterocycles. The summed E-state index contributed by atoms with van der Waals surface area (Å²) in [5.74, 6) is 1.65. The molecule has 2 aromatic carbocycles. The number of aromatic nitrogens is 2. The van der Waals surface area contributed by atoms with E-state index in [0.717, 1.165) is 31.5 Å². The van der Waals surface area contributed by atoms with Crippen LogP contribution >= 0.6 is 11.8 Å². The molecule has 2 heterocycles. The van der Waals surface area contributed by atoms with E-state index in [4.69, 9.17) is 13.9 Å². The van der Waals surface area contributed by atoms with Crippen molar-refractivity contribution >= 4 is 17.7 Å². The lowest BCUT2D eigenvalue weighted by Gasteiger charge is -2.22. The molecule has 0 aliphatic carbocycles. The van der Waals surface area contributed by atoms with E-state index in [-0.39, 0.29) is 5.91 Å². The molecule has 1 atom stereocenters. The SMILES string of the molecule is COc1ccc(-c2nnc(SC(C(=O)N3CCCC3)c3ccccc3)o2)c(OC)c1. The van der Waals surface area contributed by atoms with Crippen LogP contribution in [0, 0.1) is 0 Å². The predicted molar refractivity (Wildman–Crippen MR) is 114 cm³/mol. The zero-order valence-corrected chi connectivity index (χ0v) is 17.7. The molecule has 8 heteroatoms. The van der Waals surface area contributed by atoms with Gasteiger partial charge < -0.3 is 18.8 Å². The second kappa shape index (κ2) is 9.21. The fraction of sp³-hybridized carbons (Fsp3) is 0.318. The molecule has 3 aromatic rings. The van der Waals surface area contributed by atoms with Crippen LogP contribution in [0.15, 0.2) is 58.2 Å². The van der Waals surface area contributed by atoms with Crippen LogP contribution in [0.4, 0.5) is 0 Å². The van der Waals surface area contributed by atoms with E-state index in [0.29, 0.717) is 28.2 Å². The van der Waals surface area contributed by atoms with E-state index in [1.807, 2.05) is 41.3 Å². The molecule has 1 fully saturated rings. The highest BCUT2D eigenvalue weighted by atomic mass is 32.2. The molecule has 0 N–H and O–H groups in total. The normalized spacial score (nSPS) is 14.5. The van der Waals surface area contributed by atoms with Crippen LogP contribution in [-0.4, -0.2) is 48.3 Å². The standard InChI is InChI=1S/C22H23N3O4S/c1-27-16-10-11-17(18(14-16)28-2)20-23-24-22(29-20)30-19(15-8-4-3-5-9-15)21(26)25-12-6-7-13-25/h3-5,8-11,14,19H,6-7,12-13H2,1-2H3. The summed E-state index contributed by atoms with van der Waals surface area (Å²) >= 11 is 1.28. The van der Waals surface area contributed by atoms with Gasteiger partial charge in [0.2, 0.25) is 5.91 Å². The van der Waals surface area contributed by atoms with Gasteiger partial charge in [-0.2, -0.15) is 0 Å². The van der Waals surface area contributed by atoms with E-state index < -0.39 is 5.25 Å². The summed E-state index contributed by atoms with van der Waals surface area (Å²) in [5, 5.41) is 8.25. The van der Waals surface area contributed by atoms with E-state index in [1.54, 1.807) is 26.4 Å². The Labute approximate surface area is 179 Å². The molecule has 4 rings (SSSR count). The van der Waals surface area contributed by atoms with Crippen molar-refractivity contribution in [3.8, 4) is 23.0 Å². The molecule has 1 aliphatic rings. The van der Waals surface area contributed by atoms with Crippen LogP contribution in [0.3, 0.4) is 0 Å². The summed E-state index contributed by atoms with van der Waals surface area (Å²) in [4.78, 5) is 15.1. The van der Waals surface area contributed by atoms with Crippen molar-refractivity contribution in [2.45, 2.75) is 23.3 Å². The molecule has 0 radical (unpaired) electrons. The molecule has 0 bridgehead atoms. The number of benzene rings is 2. The molecule has 0 saturated carbocycles. The molecule has 156 valence electrons. The fourth-order valence-corrected chi connectivity index (χ4v) is 4.39. The third-order valence-corrected chi connectivity index (χ3v) is 6.08. The number of hydrogen-bond acceptors (Lipinski definition) is 7. The van der Waals surface area contributed by atoms with Crippen LogP contribution in [-0.2, 0) is 4.79 Å². The van der Waals surface area contributed by atoms with Crippen molar-refractivity contribution in [1.82, 2.24) is 15.1 Å². The lowest BCUT2D eigenvalue weighted by molar-refractivity contribution is -0.129. The molecule has 1 aliphatic heterocycles.